The summed E-state index contributed by atoms with van der Waals surface area (Å²) in [7, 11) is 0. The number of hydrogen-bond donors (Lipinski definition) is 0. The molecule has 0 bridgehead atoms. The van der Waals surface area contributed by atoms with Crippen LogP contribution >= 0.6 is 22.9 Å². The minimum absolute atomic E-state index is 0.0245. The third-order valence-electron chi connectivity index (χ3n) is 2.40. The first-order valence-corrected chi connectivity index (χ1v) is 6.75. The zero-order valence-electron chi connectivity index (χ0n) is 9.72. The number of carbonyl (C=O) groups is 1. The van der Waals surface area contributed by atoms with E-state index in [4.69, 9.17) is 11.6 Å². The van der Waals surface area contributed by atoms with Gasteiger partial charge in [0.25, 0.3) is 10.8 Å². The first kappa shape index (κ1) is 13.0. The largest absolute Gasteiger partial charge is 0.278 e. The lowest BCUT2D eigenvalue weighted by atomic mass is 10.2. The van der Waals surface area contributed by atoms with Crippen molar-refractivity contribution >= 4 is 28.2 Å². The Hall–Kier alpha value is -1.46. The molecule has 0 fully saturated rings. The van der Waals surface area contributed by atoms with Crippen molar-refractivity contribution in [1.29, 1.82) is 0 Å². The molecule has 0 saturated heterocycles. The maximum atomic E-state index is 11.9. The highest BCUT2D eigenvalue weighted by atomic mass is 35.5. The van der Waals surface area contributed by atoms with Crippen LogP contribution in [0.2, 0.25) is 0 Å². The molecule has 18 heavy (non-hydrogen) atoms. The number of hydrogen-bond acceptors (Lipinski definition) is 4. The smallest absolute Gasteiger partial charge is 0.275 e. The minimum Gasteiger partial charge on any atom is -0.275 e. The van der Waals surface area contributed by atoms with Crippen LogP contribution in [0, 0.1) is 0 Å². The van der Waals surface area contributed by atoms with Gasteiger partial charge in [0, 0.05) is 6.54 Å². The fraction of sp³-hybridized carbons (Fsp3) is 0.250. The zero-order chi connectivity index (χ0) is 13.1. The van der Waals surface area contributed by atoms with Gasteiger partial charge in [-0.15, -0.1) is 11.3 Å². The average molecular weight is 283 g/mol. The molecule has 0 aliphatic carbocycles. The van der Waals surface area contributed by atoms with Gasteiger partial charge in [0.15, 0.2) is 0 Å². The van der Waals surface area contributed by atoms with Crippen molar-refractivity contribution in [2.75, 3.05) is 0 Å². The van der Waals surface area contributed by atoms with Gasteiger partial charge < -0.3 is 0 Å². The van der Waals surface area contributed by atoms with Gasteiger partial charge in [-0.05, 0) is 35.5 Å². The molecule has 6 heteroatoms. The number of nitrogens with zero attached hydrogens (tertiary/aromatic N) is 2. The Kier molecular flexibility index (Phi) is 3.93. The molecule has 2 rings (SSSR count). The van der Waals surface area contributed by atoms with Crippen LogP contribution in [0.1, 0.15) is 23.7 Å². The SMILES string of the molecule is CCCn1nc(-c2cccs2)cc(C(=O)Cl)c1=O. The molecule has 2 aromatic heterocycles. The number of carbonyl (C=O) groups excluding carboxylic acids is 1. The Morgan fingerprint density at radius 2 is 2.33 bits per heavy atom. The van der Waals surface area contributed by atoms with Crippen LogP contribution in [0.4, 0.5) is 0 Å². The molecule has 0 aliphatic heterocycles. The molecule has 0 unspecified atom stereocenters. The molecule has 2 heterocycles. The fourth-order valence-corrected chi connectivity index (χ4v) is 2.41. The first-order valence-electron chi connectivity index (χ1n) is 5.49. The highest BCUT2D eigenvalue weighted by molar-refractivity contribution is 7.13. The number of aryl methyl sites for hydroxylation is 1. The monoisotopic (exact) mass is 282 g/mol. The van der Waals surface area contributed by atoms with E-state index in [1.54, 1.807) is 0 Å². The van der Waals surface area contributed by atoms with Gasteiger partial charge in [-0.2, -0.15) is 5.10 Å². The maximum Gasteiger partial charge on any atom is 0.278 e. The quantitative estimate of drug-likeness (QED) is 0.810. The average Bonchev–Trinajstić information content (AvgIpc) is 2.85. The van der Waals surface area contributed by atoms with E-state index in [1.807, 2.05) is 24.4 Å². The van der Waals surface area contributed by atoms with Gasteiger partial charge in [-0.3, -0.25) is 9.59 Å². The van der Waals surface area contributed by atoms with E-state index in [-0.39, 0.29) is 5.56 Å². The van der Waals surface area contributed by atoms with Crippen LogP contribution in [0.5, 0.6) is 0 Å². The molecular formula is C12H11ClN2O2S. The number of aromatic nitrogens is 2. The molecule has 0 aliphatic rings. The number of halogens is 1. The van der Waals surface area contributed by atoms with E-state index < -0.39 is 10.8 Å². The third-order valence-corrected chi connectivity index (χ3v) is 3.49. The maximum absolute atomic E-state index is 11.9. The van der Waals surface area contributed by atoms with Crippen LogP contribution in [0.3, 0.4) is 0 Å². The topological polar surface area (TPSA) is 52.0 Å². The molecule has 2 aromatic rings. The van der Waals surface area contributed by atoms with Crippen LogP contribution in [-0.2, 0) is 6.54 Å². The second-order valence-electron chi connectivity index (χ2n) is 3.72. The molecular weight excluding hydrogens is 272 g/mol. The molecule has 0 atom stereocenters. The van der Waals surface area contributed by atoms with Crippen molar-refractivity contribution in [3.63, 3.8) is 0 Å². The van der Waals surface area contributed by atoms with Gasteiger partial charge >= 0.3 is 0 Å². The van der Waals surface area contributed by atoms with Crippen LogP contribution in [0.15, 0.2) is 28.4 Å². The molecule has 94 valence electrons. The molecule has 0 aromatic carbocycles. The van der Waals surface area contributed by atoms with E-state index in [9.17, 15) is 9.59 Å². The first-order chi connectivity index (χ1) is 8.63. The van der Waals surface area contributed by atoms with E-state index in [1.165, 1.54) is 22.1 Å². The standard InChI is InChI=1S/C12H11ClN2O2S/c1-2-5-15-12(17)8(11(13)16)7-9(14-15)10-4-3-6-18-10/h3-4,6-7H,2,5H2,1H3. The summed E-state index contributed by atoms with van der Waals surface area (Å²) in [6, 6.07) is 5.23. The van der Waals surface area contributed by atoms with Crippen molar-refractivity contribution < 1.29 is 4.79 Å². The summed E-state index contributed by atoms with van der Waals surface area (Å²) in [6.07, 6.45) is 0.761. The lowest BCUT2D eigenvalue weighted by Gasteiger charge is -2.06. The number of rotatable bonds is 4. The van der Waals surface area contributed by atoms with E-state index in [2.05, 4.69) is 5.10 Å². The van der Waals surface area contributed by atoms with Gasteiger partial charge in [0.2, 0.25) is 0 Å². The summed E-state index contributed by atoms with van der Waals surface area (Å²) in [5.74, 6) is 0. The number of thiophene rings is 1. The normalized spacial score (nSPS) is 10.6. The summed E-state index contributed by atoms with van der Waals surface area (Å²) in [6.45, 7) is 2.41. The van der Waals surface area contributed by atoms with Gasteiger partial charge in [0.1, 0.15) is 11.3 Å². The van der Waals surface area contributed by atoms with Crippen molar-refractivity contribution in [1.82, 2.24) is 9.78 Å². The highest BCUT2D eigenvalue weighted by Crippen LogP contribution is 2.22. The molecule has 0 spiro atoms. The van der Waals surface area contributed by atoms with E-state index in [0.29, 0.717) is 12.2 Å². The van der Waals surface area contributed by atoms with Gasteiger partial charge in [-0.25, -0.2) is 4.68 Å². The Bertz CT molecular complexity index is 620. The van der Waals surface area contributed by atoms with Gasteiger partial charge in [-0.1, -0.05) is 13.0 Å². The van der Waals surface area contributed by atoms with Crippen molar-refractivity contribution in [2.45, 2.75) is 19.9 Å². The predicted octanol–water partition coefficient (Wildman–Crippen LogP) is 2.76. The summed E-state index contributed by atoms with van der Waals surface area (Å²) < 4.78 is 1.30. The summed E-state index contributed by atoms with van der Waals surface area (Å²) >= 11 is 6.93. The molecule has 0 amide bonds. The van der Waals surface area contributed by atoms with Crippen molar-refractivity contribution in [3.8, 4) is 10.6 Å². The molecule has 0 N–H and O–H groups in total. The lowest BCUT2D eigenvalue weighted by Crippen LogP contribution is -2.27. The second-order valence-corrected chi connectivity index (χ2v) is 5.01. The summed E-state index contributed by atoms with van der Waals surface area (Å²) in [5, 5.41) is 5.42. The van der Waals surface area contributed by atoms with Gasteiger partial charge in [0.05, 0.1) is 4.88 Å². The third kappa shape index (κ3) is 2.52. The lowest BCUT2D eigenvalue weighted by molar-refractivity contribution is 0.107. The minimum atomic E-state index is -0.745. The Balaban J connectivity index is 2.62. The van der Waals surface area contributed by atoms with E-state index in [0.717, 1.165) is 11.3 Å². The molecule has 0 radical (unpaired) electrons. The molecule has 0 saturated carbocycles. The fourth-order valence-electron chi connectivity index (χ4n) is 1.59. The van der Waals surface area contributed by atoms with Crippen molar-refractivity contribution in [2.24, 2.45) is 0 Å². The van der Waals surface area contributed by atoms with Crippen LogP contribution < -0.4 is 5.56 Å². The molecule has 4 nitrogen and oxygen atoms in total. The Labute approximate surface area is 113 Å². The Morgan fingerprint density at radius 1 is 1.56 bits per heavy atom. The van der Waals surface area contributed by atoms with Crippen molar-refractivity contribution in [3.05, 3.63) is 39.5 Å². The van der Waals surface area contributed by atoms with Crippen LogP contribution in [0.25, 0.3) is 10.6 Å². The summed E-state index contributed by atoms with van der Waals surface area (Å²) in [5.41, 5.74) is 0.141. The second kappa shape index (κ2) is 5.46. The Morgan fingerprint density at radius 3 is 2.89 bits per heavy atom. The zero-order valence-corrected chi connectivity index (χ0v) is 11.3. The predicted molar refractivity (Wildman–Crippen MR) is 72.3 cm³/mol. The van der Waals surface area contributed by atoms with Crippen LogP contribution in [-0.4, -0.2) is 15.0 Å². The highest BCUT2D eigenvalue weighted by Gasteiger charge is 2.14. The van der Waals surface area contributed by atoms with E-state index >= 15 is 0 Å². The summed E-state index contributed by atoms with van der Waals surface area (Å²) in [4.78, 5) is 24.1.